The average Bonchev–Trinajstić information content (AvgIpc) is 2.25. The molecule has 0 heterocycles. The lowest BCUT2D eigenvalue weighted by molar-refractivity contribution is 0.383. The molecule has 1 rings (SSSR count). The van der Waals surface area contributed by atoms with Crippen molar-refractivity contribution in [1.29, 1.82) is 0 Å². The Hall–Kier alpha value is -1.22. The van der Waals surface area contributed by atoms with Gasteiger partial charge >= 0.3 is 0 Å². The maximum Gasteiger partial charge on any atom is 0.127 e. The van der Waals surface area contributed by atoms with Crippen molar-refractivity contribution in [3.05, 3.63) is 23.8 Å². The van der Waals surface area contributed by atoms with Crippen LogP contribution >= 0.6 is 0 Å². The summed E-state index contributed by atoms with van der Waals surface area (Å²) in [6, 6.07) is 5.80. The van der Waals surface area contributed by atoms with Crippen molar-refractivity contribution >= 4 is 0 Å². The first-order valence-corrected chi connectivity index (χ1v) is 4.74. The second kappa shape index (κ2) is 5.50. The monoisotopic (exact) mass is 195 g/mol. The van der Waals surface area contributed by atoms with Gasteiger partial charge in [-0.1, -0.05) is 13.0 Å². The molecule has 0 unspecified atom stereocenters. The van der Waals surface area contributed by atoms with Gasteiger partial charge in [0.2, 0.25) is 0 Å². The zero-order valence-electron chi connectivity index (χ0n) is 8.96. The summed E-state index contributed by atoms with van der Waals surface area (Å²) in [7, 11) is 3.34. The van der Waals surface area contributed by atoms with E-state index >= 15 is 0 Å². The molecule has 0 aliphatic rings. The third-order valence-corrected chi connectivity index (χ3v) is 2.08. The third kappa shape index (κ3) is 2.39. The molecule has 3 nitrogen and oxygen atoms in total. The van der Waals surface area contributed by atoms with Gasteiger partial charge in [-0.2, -0.15) is 0 Å². The fourth-order valence-corrected chi connectivity index (χ4v) is 1.35. The Labute approximate surface area is 85.0 Å². The van der Waals surface area contributed by atoms with Gasteiger partial charge in [0.15, 0.2) is 0 Å². The Morgan fingerprint density at radius 2 is 1.71 bits per heavy atom. The average molecular weight is 195 g/mol. The van der Waals surface area contributed by atoms with Crippen molar-refractivity contribution in [2.45, 2.75) is 13.5 Å². The highest BCUT2D eigenvalue weighted by molar-refractivity contribution is 5.44. The lowest BCUT2D eigenvalue weighted by Crippen LogP contribution is -2.13. The molecule has 0 aliphatic carbocycles. The SMILES string of the molecule is CCNCc1c(OC)cccc1OC. The highest BCUT2D eigenvalue weighted by Crippen LogP contribution is 2.27. The van der Waals surface area contributed by atoms with Crippen molar-refractivity contribution in [2.24, 2.45) is 0 Å². The van der Waals surface area contributed by atoms with Crippen molar-refractivity contribution in [2.75, 3.05) is 20.8 Å². The van der Waals surface area contributed by atoms with Crippen LogP contribution in [-0.2, 0) is 6.54 Å². The molecule has 0 radical (unpaired) electrons. The van der Waals surface area contributed by atoms with Gasteiger partial charge in [0.1, 0.15) is 11.5 Å². The Bertz CT molecular complexity index is 264. The molecule has 0 fully saturated rings. The zero-order chi connectivity index (χ0) is 10.4. The first-order valence-electron chi connectivity index (χ1n) is 4.74. The summed E-state index contributed by atoms with van der Waals surface area (Å²) >= 11 is 0. The number of hydrogen-bond donors (Lipinski definition) is 1. The van der Waals surface area contributed by atoms with Crippen LogP contribution in [0, 0.1) is 0 Å². The summed E-state index contributed by atoms with van der Waals surface area (Å²) < 4.78 is 10.5. The van der Waals surface area contributed by atoms with Crippen LogP contribution in [0.3, 0.4) is 0 Å². The standard InChI is InChI=1S/C11H17NO2/c1-4-12-8-9-10(13-2)6-5-7-11(9)14-3/h5-7,12H,4,8H2,1-3H3. The van der Waals surface area contributed by atoms with E-state index in [0.717, 1.165) is 30.2 Å². The lowest BCUT2D eigenvalue weighted by Gasteiger charge is -2.12. The number of rotatable bonds is 5. The van der Waals surface area contributed by atoms with Crippen molar-refractivity contribution in [1.82, 2.24) is 5.32 Å². The largest absolute Gasteiger partial charge is 0.496 e. The summed E-state index contributed by atoms with van der Waals surface area (Å²) in [6.07, 6.45) is 0. The van der Waals surface area contributed by atoms with E-state index in [0.29, 0.717) is 0 Å². The van der Waals surface area contributed by atoms with E-state index in [1.54, 1.807) is 14.2 Å². The molecule has 0 spiro atoms. The third-order valence-electron chi connectivity index (χ3n) is 2.08. The van der Waals surface area contributed by atoms with Gasteiger partial charge in [-0.25, -0.2) is 0 Å². The minimum atomic E-state index is 0.768. The second-order valence-corrected chi connectivity index (χ2v) is 2.92. The molecular formula is C11H17NO2. The summed E-state index contributed by atoms with van der Waals surface area (Å²) in [6.45, 7) is 3.77. The first-order chi connectivity index (χ1) is 6.83. The van der Waals surface area contributed by atoms with Gasteiger partial charge in [-0.15, -0.1) is 0 Å². The van der Waals surface area contributed by atoms with Crippen LogP contribution in [-0.4, -0.2) is 20.8 Å². The van der Waals surface area contributed by atoms with Crippen molar-refractivity contribution in [3.8, 4) is 11.5 Å². The van der Waals surface area contributed by atoms with Gasteiger partial charge in [-0.05, 0) is 18.7 Å². The topological polar surface area (TPSA) is 30.5 Å². The molecular weight excluding hydrogens is 178 g/mol. The van der Waals surface area contributed by atoms with E-state index in [1.807, 2.05) is 18.2 Å². The Morgan fingerprint density at radius 1 is 1.14 bits per heavy atom. The predicted molar refractivity (Wildman–Crippen MR) is 56.9 cm³/mol. The van der Waals surface area contributed by atoms with Crippen molar-refractivity contribution < 1.29 is 9.47 Å². The zero-order valence-corrected chi connectivity index (χ0v) is 8.96. The van der Waals surface area contributed by atoms with E-state index in [-0.39, 0.29) is 0 Å². The molecule has 1 aromatic rings. The van der Waals surface area contributed by atoms with E-state index in [2.05, 4.69) is 12.2 Å². The minimum absolute atomic E-state index is 0.768. The van der Waals surface area contributed by atoms with E-state index in [4.69, 9.17) is 9.47 Å². The molecule has 78 valence electrons. The maximum absolute atomic E-state index is 5.26. The highest BCUT2D eigenvalue weighted by Gasteiger charge is 2.07. The molecule has 0 aromatic heterocycles. The van der Waals surface area contributed by atoms with Crippen LogP contribution in [0.5, 0.6) is 11.5 Å². The number of methoxy groups -OCH3 is 2. The normalized spacial score (nSPS) is 9.93. The Morgan fingerprint density at radius 3 is 2.14 bits per heavy atom. The number of hydrogen-bond acceptors (Lipinski definition) is 3. The molecule has 1 N–H and O–H groups in total. The Balaban J connectivity index is 2.93. The Kier molecular flexibility index (Phi) is 4.26. The van der Waals surface area contributed by atoms with E-state index < -0.39 is 0 Å². The molecule has 0 aliphatic heterocycles. The van der Waals surface area contributed by atoms with Crippen LogP contribution in [0.1, 0.15) is 12.5 Å². The van der Waals surface area contributed by atoms with Crippen molar-refractivity contribution in [3.63, 3.8) is 0 Å². The minimum Gasteiger partial charge on any atom is -0.496 e. The number of ether oxygens (including phenoxy) is 2. The summed E-state index contributed by atoms with van der Waals surface area (Å²) in [5, 5.41) is 3.25. The van der Waals surface area contributed by atoms with Gasteiger partial charge in [0, 0.05) is 12.1 Å². The quantitative estimate of drug-likeness (QED) is 0.777. The summed E-state index contributed by atoms with van der Waals surface area (Å²) in [4.78, 5) is 0. The lowest BCUT2D eigenvalue weighted by atomic mass is 10.1. The van der Waals surface area contributed by atoms with Gasteiger partial charge < -0.3 is 14.8 Å². The van der Waals surface area contributed by atoms with Crippen LogP contribution in [0.4, 0.5) is 0 Å². The molecule has 0 amide bonds. The molecule has 14 heavy (non-hydrogen) atoms. The van der Waals surface area contributed by atoms with Crippen LogP contribution in [0.2, 0.25) is 0 Å². The molecule has 0 saturated heterocycles. The number of nitrogens with one attached hydrogen (secondary N) is 1. The van der Waals surface area contributed by atoms with Gasteiger partial charge in [0.25, 0.3) is 0 Å². The molecule has 1 aromatic carbocycles. The summed E-state index contributed by atoms with van der Waals surface area (Å²) in [5.74, 6) is 1.73. The smallest absolute Gasteiger partial charge is 0.127 e. The first kappa shape index (κ1) is 10.9. The number of benzene rings is 1. The van der Waals surface area contributed by atoms with Crippen LogP contribution < -0.4 is 14.8 Å². The molecule has 0 bridgehead atoms. The van der Waals surface area contributed by atoms with Gasteiger partial charge in [-0.3, -0.25) is 0 Å². The maximum atomic E-state index is 5.26. The second-order valence-electron chi connectivity index (χ2n) is 2.92. The highest BCUT2D eigenvalue weighted by atomic mass is 16.5. The fourth-order valence-electron chi connectivity index (χ4n) is 1.35. The molecule has 3 heteroatoms. The fraction of sp³-hybridized carbons (Fsp3) is 0.455. The predicted octanol–water partition coefficient (Wildman–Crippen LogP) is 1.81. The van der Waals surface area contributed by atoms with Gasteiger partial charge in [0.05, 0.1) is 14.2 Å². The van der Waals surface area contributed by atoms with E-state index in [1.165, 1.54) is 0 Å². The van der Waals surface area contributed by atoms with Crippen LogP contribution in [0.15, 0.2) is 18.2 Å². The summed E-state index contributed by atoms with van der Waals surface area (Å²) in [5.41, 5.74) is 1.07. The van der Waals surface area contributed by atoms with E-state index in [9.17, 15) is 0 Å². The molecule has 0 atom stereocenters. The molecule has 0 saturated carbocycles. The van der Waals surface area contributed by atoms with Crippen LogP contribution in [0.25, 0.3) is 0 Å².